The van der Waals surface area contributed by atoms with Crippen molar-refractivity contribution in [3.05, 3.63) is 58.6 Å². The van der Waals surface area contributed by atoms with Crippen LogP contribution in [0.4, 0.5) is 16.2 Å². The summed E-state index contributed by atoms with van der Waals surface area (Å²) in [6.45, 7) is 2.42. The summed E-state index contributed by atoms with van der Waals surface area (Å²) in [4.78, 5) is 14.3. The smallest absolute Gasteiger partial charge is 0.326 e. The lowest BCUT2D eigenvalue weighted by atomic mass is 9.96. The number of halogens is 1. The average molecular weight is 317 g/mol. The van der Waals surface area contributed by atoms with Gasteiger partial charge in [-0.1, -0.05) is 35.9 Å². The summed E-state index contributed by atoms with van der Waals surface area (Å²) in [5.41, 5.74) is 3.21. The summed E-state index contributed by atoms with van der Waals surface area (Å²) in [6, 6.07) is 12.5. The number of aliphatic hydroxyl groups excluding tert-OH is 1. The summed E-state index contributed by atoms with van der Waals surface area (Å²) >= 11 is 5.94. The Morgan fingerprint density at radius 2 is 2.09 bits per heavy atom. The number of benzene rings is 2. The van der Waals surface area contributed by atoms with Gasteiger partial charge in [-0.25, -0.2) is 4.79 Å². The van der Waals surface area contributed by atoms with Crippen molar-refractivity contribution in [1.29, 1.82) is 0 Å². The fourth-order valence-electron chi connectivity index (χ4n) is 2.80. The van der Waals surface area contributed by atoms with Crippen LogP contribution in [0.25, 0.3) is 0 Å². The maximum Gasteiger partial charge on any atom is 0.326 e. The number of nitrogens with zero attached hydrogens (tertiary/aromatic N) is 1. The number of aliphatic hydroxyl groups is 1. The van der Waals surface area contributed by atoms with Gasteiger partial charge in [0.05, 0.1) is 11.8 Å². The van der Waals surface area contributed by atoms with Crippen molar-refractivity contribution in [2.75, 3.05) is 16.8 Å². The van der Waals surface area contributed by atoms with Crippen molar-refractivity contribution in [2.24, 2.45) is 0 Å². The molecule has 0 radical (unpaired) electrons. The van der Waals surface area contributed by atoms with Gasteiger partial charge in [-0.15, -0.1) is 0 Å². The predicted molar refractivity (Wildman–Crippen MR) is 88.6 cm³/mol. The zero-order valence-corrected chi connectivity index (χ0v) is 13.0. The molecule has 2 amide bonds. The Labute approximate surface area is 134 Å². The number of rotatable bonds is 1. The highest BCUT2D eigenvalue weighted by molar-refractivity contribution is 6.30. The predicted octanol–water partition coefficient (Wildman–Crippen LogP) is 4.12. The number of urea groups is 1. The zero-order valence-electron chi connectivity index (χ0n) is 12.2. The van der Waals surface area contributed by atoms with E-state index in [0.29, 0.717) is 23.7 Å². The third-order valence-electron chi connectivity index (χ3n) is 3.85. The number of amides is 2. The third kappa shape index (κ3) is 2.80. The van der Waals surface area contributed by atoms with Gasteiger partial charge < -0.3 is 10.4 Å². The highest BCUT2D eigenvalue weighted by Gasteiger charge is 2.28. The van der Waals surface area contributed by atoms with Gasteiger partial charge in [0.2, 0.25) is 0 Å². The molecular weight excluding hydrogens is 300 g/mol. The number of hydrogen-bond donors (Lipinski definition) is 2. The lowest BCUT2D eigenvalue weighted by Crippen LogP contribution is -2.40. The van der Waals surface area contributed by atoms with E-state index in [1.165, 1.54) is 0 Å². The van der Waals surface area contributed by atoms with Gasteiger partial charge in [0, 0.05) is 22.8 Å². The first kappa shape index (κ1) is 14.9. The first-order valence-electron chi connectivity index (χ1n) is 7.18. The fraction of sp³-hybridized carbons (Fsp3) is 0.235. The maximum absolute atomic E-state index is 12.6. The molecule has 1 aliphatic rings. The molecule has 0 fully saturated rings. The first-order valence-corrected chi connectivity index (χ1v) is 7.56. The second kappa shape index (κ2) is 5.99. The van der Waals surface area contributed by atoms with Crippen LogP contribution in [-0.2, 0) is 0 Å². The highest BCUT2D eigenvalue weighted by Crippen LogP contribution is 2.36. The molecule has 1 heterocycles. The highest BCUT2D eigenvalue weighted by atomic mass is 35.5. The quantitative estimate of drug-likeness (QED) is 0.831. The van der Waals surface area contributed by atoms with E-state index in [1.54, 1.807) is 29.2 Å². The van der Waals surface area contributed by atoms with Crippen molar-refractivity contribution >= 4 is 29.0 Å². The second-order valence-electron chi connectivity index (χ2n) is 5.41. The Morgan fingerprint density at radius 3 is 2.86 bits per heavy atom. The number of nitrogens with one attached hydrogen (secondary N) is 1. The minimum Gasteiger partial charge on any atom is -0.388 e. The molecule has 0 aromatic heterocycles. The van der Waals surface area contributed by atoms with Crippen LogP contribution >= 0.6 is 11.6 Å². The lowest BCUT2D eigenvalue weighted by molar-refractivity contribution is 0.164. The topological polar surface area (TPSA) is 52.6 Å². The van der Waals surface area contributed by atoms with Gasteiger partial charge in [-0.05, 0) is 37.1 Å². The van der Waals surface area contributed by atoms with E-state index in [4.69, 9.17) is 11.6 Å². The Morgan fingerprint density at radius 1 is 1.32 bits per heavy atom. The van der Waals surface area contributed by atoms with Crippen molar-refractivity contribution < 1.29 is 9.90 Å². The molecule has 0 aliphatic carbocycles. The van der Waals surface area contributed by atoms with Crippen molar-refractivity contribution in [1.82, 2.24) is 0 Å². The van der Waals surface area contributed by atoms with Crippen LogP contribution in [-0.4, -0.2) is 17.7 Å². The summed E-state index contributed by atoms with van der Waals surface area (Å²) < 4.78 is 0. The molecule has 0 saturated heterocycles. The monoisotopic (exact) mass is 316 g/mol. The van der Waals surface area contributed by atoms with Crippen LogP contribution in [0, 0.1) is 6.92 Å². The summed E-state index contributed by atoms with van der Waals surface area (Å²) in [5.74, 6) is 0. The molecule has 3 rings (SSSR count). The number of carbonyl (C=O) groups is 1. The standard InChI is InChI=1S/C17H17ClN2O2/c1-11-4-2-7-14-15(21)8-9-20(16(11)14)17(22)19-13-6-3-5-12(18)10-13/h2-7,10,15,21H,8-9H2,1H3,(H,19,22). The van der Waals surface area contributed by atoms with Crippen LogP contribution < -0.4 is 10.2 Å². The van der Waals surface area contributed by atoms with Gasteiger partial charge in [0.1, 0.15) is 0 Å². The van der Waals surface area contributed by atoms with Crippen LogP contribution in [0.5, 0.6) is 0 Å². The van der Waals surface area contributed by atoms with E-state index in [1.807, 2.05) is 25.1 Å². The molecule has 4 nitrogen and oxygen atoms in total. The van der Waals surface area contributed by atoms with Crippen LogP contribution in [0.2, 0.25) is 5.02 Å². The molecule has 0 saturated carbocycles. The number of carbonyl (C=O) groups excluding carboxylic acids is 1. The normalized spacial score (nSPS) is 17.0. The molecule has 2 aromatic carbocycles. The molecule has 22 heavy (non-hydrogen) atoms. The zero-order chi connectivity index (χ0) is 15.7. The second-order valence-corrected chi connectivity index (χ2v) is 5.85. The Bertz CT molecular complexity index is 718. The maximum atomic E-state index is 12.6. The molecule has 0 spiro atoms. The van der Waals surface area contributed by atoms with Gasteiger partial charge >= 0.3 is 6.03 Å². The molecule has 1 aliphatic heterocycles. The van der Waals surface area contributed by atoms with Gasteiger partial charge in [-0.3, -0.25) is 4.90 Å². The molecule has 2 aromatic rings. The van der Waals surface area contributed by atoms with Gasteiger partial charge in [0.15, 0.2) is 0 Å². The summed E-state index contributed by atoms with van der Waals surface area (Å²) in [6.07, 6.45) is 0.00416. The number of fused-ring (bicyclic) bond motifs is 1. The van der Waals surface area contributed by atoms with E-state index >= 15 is 0 Å². The summed E-state index contributed by atoms with van der Waals surface area (Å²) in [7, 11) is 0. The van der Waals surface area contributed by atoms with Gasteiger partial charge in [0.25, 0.3) is 0 Å². The Balaban J connectivity index is 1.90. The molecule has 1 atom stereocenters. The first-order chi connectivity index (χ1) is 10.6. The number of hydrogen-bond acceptors (Lipinski definition) is 2. The Hall–Kier alpha value is -2.04. The van der Waals surface area contributed by atoms with Crippen LogP contribution in [0.3, 0.4) is 0 Å². The molecule has 5 heteroatoms. The Kier molecular flexibility index (Phi) is 4.05. The fourth-order valence-corrected chi connectivity index (χ4v) is 2.99. The molecule has 1 unspecified atom stereocenters. The van der Waals surface area contributed by atoms with Crippen molar-refractivity contribution in [2.45, 2.75) is 19.4 Å². The number of para-hydroxylation sites is 1. The SMILES string of the molecule is Cc1cccc2c1N(C(=O)Nc1cccc(Cl)c1)CCC2O. The summed E-state index contributed by atoms with van der Waals surface area (Å²) in [5, 5.41) is 13.6. The minimum atomic E-state index is -0.523. The van der Waals surface area contributed by atoms with Crippen LogP contribution in [0.1, 0.15) is 23.7 Å². The van der Waals surface area contributed by atoms with Crippen molar-refractivity contribution in [3.63, 3.8) is 0 Å². The largest absolute Gasteiger partial charge is 0.388 e. The van der Waals surface area contributed by atoms with E-state index < -0.39 is 6.10 Å². The van der Waals surface area contributed by atoms with Gasteiger partial charge in [-0.2, -0.15) is 0 Å². The number of aryl methyl sites for hydroxylation is 1. The molecule has 114 valence electrons. The van der Waals surface area contributed by atoms with E-state index in [0.717, 1.165) is 16.8 Å². The molecule has 2 N–H and O–H groups in total. The third-order valence-corrected chi connectivity index (χ3v) is 4.08. The van der Waals surface area contributed by atoms with E-state index in [-0.39, 0.29) is 6.03 Å². The average Bonchev–Trinajstić information content (AvgIpc) is 2.48. The molecular formula is C17H17ClN2O2. The molecule has 0 bridgehead atoms. The van der Waals surface area contributed by atoms with Crippen molar-refractivity contribution in [3.8, 4) is 0 Å². The lowest BCUT2D eigenvalue weighted by Gasteiger charge is -2.33. The number of anilines is 2. The van der Waals surface area contributed by atoms with E-state index in [2.05, 4.69) is 5.32 Å². The van der Waals surface area contributed by atoms with Crippen LogP contribution in [0.15, 0.2) is 42.5 Å². The van der Waals surface area contributed by atoms with E-state index in [9.17, 15) is 9.90 Å². The minimum absolute atomic E-state index is 0.218.